The van der Waals surface area contributed by atoms with E-state index in [1.165, 1.54) is 0 Å². The Morgan fingerprint density at radius 3 is 3.06 bits per heavy atom. The first kappa shape index (κ1) is 11.0. The number of hydrogen-bond acceptors (Lipinski definition) is 4. The smallest absolute Gasteiger partial charge is 0.148 e. The van der Waals surface area contributed by atoms with Crippen molar-refractivity contribution in [1.29, 1.82) is 5.26 Å². The predicted octanol–water partition coefficient (Wildman–Crippen LogP) is 1.85. The van der Waals surface area contributed by atoms with Crippen LogP contribution in [0.5, 0.6) is 5.75 Å². The fourth-order valence-electron chi connectivity index (χ4n) is 2.22. The molecule has 1 atom stereocenters. The first-order chi connectivity index (χ1) is 8.88. The van der Waals surface area contributed by atoms with Crippen molar-refractivity contribution in [3.05, 3.63) is 36.0 Å². The summed E-state index contributed by atoms with van der Waals surface area (Å²) in [6, 6.07) is 9.89. The first-order valence-electron chi connectivity index (χ1n) is 6.03. The van der Waals surface area contributed by atoms with Crippen molar-refractivity contribution in [2.75, 3.05) is 13.1 Å². The van der Waals surface area contributed by atoms with Gasteiger partial charge in [-0.3, -0.25) is 4.98 Å². The van der Waals surface area contributed by atoms with Gasteiger partial charge < -0.3 is 10.1 Å². The third-order valence-corrected chi connectivity index (χ3v) is 3.15. The lowest BCUT2D eigenvalue weighted by Crippen LogP contribution is -2.20. The van der Waals surface area contributed by atoms with Crippen molar-refractivity contribution < 1.29 is 4.74 Å². The van der Waals surface area contributed by atoms with E-state index in [1.54, 1.807) is 6.20 Å². The highest BCUT2D eigenvalue weighted by Crippen LogP contribution is 2.29. The zero-order valence-electron chi connectivity index (χ0n) is 9.89. The number of ether oxygens (including phenoxy) is 1. The second kappa shape index (κ2) is 4.63. The summed E-state index contributed by atoms with van der Waals surface area (Å²) >= 11 is 0. The van der Waals surface area contributed by atoms with Crippen molar-refractivity contribution in [1.82, 2.24) is 10.3 Å². The summed E-state index contributed by atoms with van der Waals surface area (Å²) in [5.74, 6) is 0.664. The number of nitrogens with one attached hydrogen (secondary N) is 1. The lowest BCUT2D eigenvalue weighted by Gasteiger charge is -2.15. The molecule has 1 aliphatic heterocycles. The maximum atomic E-state index is 9.17. The van der Waals surface area contributed by atoms with Crippen LogP contribution in [0.2, 0.25) is 0 Å². The maximum Gasteiger partial charge on any atom is 0.148 e. The van der Waals surface area contributed by atoms with E-state index in [0.29, 0.717) is 11.3 Å². The Labute approximate surface area is 105 Å². The lowest BCUT2D eigenvalue weighted by atomic mass is 10.1. The van der Waals surface area contributed by atoms with Crippen molar-refractivity contribution in [2.24, 2.45) is 0 Å². The molecule has 3 rings (SSSR count). The van der Waals surface area contributed by atoms with Gasteiger partial charge in [0.1, 0.15) is 23.5 Å². The highest BCUT2D eigenvalue weighted by atomic mass is 16.5. The Bertz CT molecular complexity index is 612. The molecule has 0 bridgehead atoms. The van der Waals surface area contributed by atoms with E-state index >= 15 is 0 Å². The van der Waals surface area contributed by atoms with Crippen LogP contribution < -0.4 is 10.1 Å². The number of benzene rings is 1. The quantitative estimate of drug-likeness (QED) is 0.868. The largest absolute Gasteiger partial charge is 0.487 e. The Morgan fingerprint density at radius 1 is 1.39 bits per heavy atom. The molecule has 0 saturated carbocycles. The second-order valence-corrected chi connectivity index (χ2v) is 4.36. The number of fused-ring (bicyclic) bond motifs is 1. The molecule has 0 aliphatic carbocycles. The minimum absolute atomic E-state index is 0.142. The SMILES string of the molecule is N#Cc1cnc2ccccc2c1OC1CCNC1. The number of pyridine rings is 1. The van der Waals surface area contributed by atoms with E-state index in [2.05, 4.69) is 16.4 Å². The molecule has 1 aromatic heterocycles. The van der Waals surface area contributed by atoms with Gasteiger partial charge in [0.25, 0.3) is 0 Å². The molecule has 0 spiro atoms. The highest BCUT2D eigenvalue weighted by molar-refractivity contribution is 5.87. The van der Waals surface area contributed by atoms with E-state index in [4.69, 9.17) is 10.00 Å². The van der Waals surface area contributed by atoms with Crippen LogP contribution in [0.25, 0.3) is 10.9 Å². The average molecular weight is 239 g/mol. The normalized spacial score (nSPS) is 18.7. The molecule has 18 heavy (non-hydrogen) atoms. The van der Waals surface area contributed by atoms with Crippen LogP contribution in [0.15, 0.2) is 30.5 Å². The summed E-state index contributed by atoms with van der Waals surface area (Å²) in [6.45, 7) is 1.80. The number of rotatable bonds is 2. The van der Waals surface area contributed by atoms with Gasteiger partial charge >= 0.3 is 0 Å². The first-order valence-corrected chi connectivity index (χ1v) is 6.03. The standard InChI is InChI=1S/C14H13N3O/c15-7-10-8-17-13-4-2-1-3-12(13)14(10)18-11-5-6-16-9-11/h1-4,8,11,16H,5-6,9H2. The van der Waals surface area contributed by atoms with Crippen molar-refractivity contribution >= 4 is 10.9 Å². The molecule has 2 aromatic rings. The molecular weight excluding hydrogens is 226 g/mol. The van der Waals surface area contributed by atoms with Gasteiger partial charge in [-0.25, -0.2) is 0 Å². The molecule has 2 heterocycles. The Hall–Kier alpha value is -2.12. The highest BCUT2D eigenvalue weighted by Gasteiger charge is 2.19. The second-order valence-electron chi connectivity index (χ2n) is 4.36. The van der Waals surface area contributed by atoms with Gasteiger partial charge in [-0.05, 0) is 25.1 Å². The van der Waals surface area contributed by atoms with E-state index in [-0.39, 0.29) is 6.10 Å². The molecule has 1 aromatic carbocycles. The molecule has 0 radical (unpaired) electrons. The summed E-state index contributed by atoms with van der Waals surface area (Å²) < 4.78 is 5.99. The van der Waals surface area contributed by atoms with E-state index in [1.807, 2.05) is 24.3 Å². The van der Waals surface area contributed by atoms with Crippen LogP contribution in [0.1, 0.15) is 12.0 Å². The van der Waals surface area contributed by atoms with Crippen LogP contribution in [-0.4, -0.2) is 24.2 Å². The third-order valence-electron chi connectivity index (χ3n) is 3.15. The summed E-state index contributed by atoms with van der Waals surface area (Å²) in [5.41, 5.74) is 1.36. The van der Waals surface area contributed by atoms with Gasteiger partial charge in [-0.15, -0.1) is 0 Å². The van der Waals surface area contributed by atoms with Gasteiger partial charge in [-0.1, -0.05) is 12.1 Å². The number of para-hydroxylation sites is 1. The number of nitrogens with zero attached hydrogens (tertiary/aromatic N) is 2. The predicted molar refractivity (Wildman–Crippen MR) is 68.4 cm³/mol. The molecule has 4 heteroatoms. The number of hydrogen-bond donors (Lipinski definition) is 1. The zero-order valence-corrected chi connectivity index (χ0v) is 9.89. The van der Waals surface area contributed by atoms with Crippen LogP contribution in [0.3, 0.4) is 0 Å². The summed E-state index contributed by atoms with van der Waals surface area (Å²) in [4.78, 5) is 4.27. The molecular formula is C14H13N3O. The topological polar surface area (TPSA) is 57.9 Å². The van der Waals surface area contributed by atoms with Crippen LogP contribution in [0.4, 0.5) is 0 Å². The Kier molecular flexibility index (Phi) is 2.83. The average Bonchev–Trinajstić information content (AvgIpc) is 2.92. The minimum Gasteiger partial charge on any atom is -0.487 e. The van der Waals surface area contributed by atoms with E-state index in [0.717, 1.165) is 30.4 Å². The molecule has 1 N–H and O–H groups in total. The summed E-state index contributed by atoms with van der Waals surface area (Å²) in [6.07, 6.45) is 2.70. The molecule has 4 nitrogen and oxygen atoms in total. The van der Waals surface area contributed by atoms with Crippen molar-refractivity contribution in [3.8, 4) is 11.8 Å². The minimum atomic E-state index is 0.142. The molecule has 1 fully saturated rings. The van der Waals surface area contributed by atoms with Gasteiger partial charge in [-0.2, -0.15) is 5.26 Å². The number of nitriles is 1. The molecule has 90 valence electrons. The monoisotopic (exact) mass is 239 g/mol. The maximum absolute atomic E-state index is 9.17. The third kappa shape index (κ3) is 1.89. The lowest BCUT2D eigenvalue weighted by molar-refractivity contribution is 0.225. The molecule has 0 amide bonds. The van der Waals surface area contributed by atoms with Crippen LogP contribution in [0, 0.1) is 11.3 Å². The number of aromatic nitrogens is 1. The summed E-state index contributed by atoms with van der Waals surface area (Å²) in [5, 5.41) is 13.3. The van der Waals surface area contributed by atoms with Crippen molar-refractivity contribution in [3.63, 3.8) is 0 Å². The van der Waals surface area contributed by atoms with E-state index in [9.17, 15) is 0 Å². The Morgan fingerprint density at radius 2 is 2.28 bits per heavy atom. The fraction of sp³-hybridized carbons (Fsp3) is 0.286. The fourth-order valence-corrected chi connectivity index (χ4v) is 2.22. The molecule has 1 unspecified atom stereocenters. The van der Waals surface area contributed by atoms with Crippen molar-refractivity contribution in [2.45, 2.75) is 12.5 Å². The van der Waals surface area contributed by atoms with Gasteiger partial charge in [0.15, 0.2) is 0 Å². The van der Waals surface area contributed by atoms with Crippen LogP contribution >= 0.6 is 0 Å². The zero-order chi connectivity index (χ0) is 12.4. The van der Waals surface area contributed by atoms with Gasteiger partial charge in [0.05, 0.1) is 5.52 Å². The molecule has 1 aliphatic rings. The van der Waals surface area contributed by atoms with E-state index < -0.39 is 0 Å². The Balaban J connectivity index is 2.08. The van der Waals surface area contributed by atoms with Gasteiger partial charge in [0.2, 0.25) is 0 Å². The van der Waals surface area contributed by atoms with Crippen LogP contribution in [-0.2, 0) is 0 Å². The summed E-state index contributed by atoms with van der Waals surface area (Å²) in [7, 11) is 0. The molecule has 1 saturated heterocycles. The van der Waals surface area contributed by atoms with Gasteiger partial charge in [0, 0.05) is 18.1 Å².